The van der Waals surface area contributed by atoms with Crippen molar-refractivity contribution in [2.45, 2.75) is 25.7 Å². The number of imide groups is 1. The fourth-order valence-corrected chi connectivity index (χ4v) is 4.48. The lowest BCUT2D eigenvalue weighted by molar-refractivity contribution is -0.149. The summed E-state index contributed by atoms with van der Waals surface area (Å²) in [6, 6.07) is 18.0. The van der Waals surface area contributed by atoms with Crippen LogP contribution in [0.5, 0.6) is 5.75 Å². The summed E-state index contributed by atoms with van der Waals surface area (Å²) in [7, 11) is 0. The maximum Gasteiger partial charge on any atom is 0.330 e. The maximum absolute atomic E-state index is 13.3. The van der Waals surface area contributed by atoms with Crippen LogP contribution in [-0.4, -0.2) is 35.5 Å². The fraction of sp³-hybridized carbons (Fsp3) is 0.192. The molecule has 0 spiro atoms. The molecule has 2 heterocycles. The molecule has 0 saturated carbocycles. The standard InChI is InChI=1S/C26H20ClNO6/c27-19-11-17-13-32-15-34-23(17)18(12-19)14-33-26(31)22(10-16-6-2-1-3-7-16)28-24(29)20-8-4-5-9-21(20)25(28)30/h1-9,11-12,22H,10,13-15H2. The summed E-state index contributed by atoms with van der Waals surface area (Å²) >= 11 is 6.21. The van der Waals surface area contributed by atoms with Crippen LogP contribution in [0.3, 0.4) is 0 Å². The number of amides is 2. The topological polar surface area (TPSA) is 82.1 Å². The first-order valence-corrected chi connectivity index (χ1v) is 11.1. The van der Waals surface area contributed by atoms with E-state index in [2.05, 4.69) is 0 Å². The summed E-state index contributed by atoms with van der Waals surface area (Å²) in [5.74, 6) is -1.17. The Morgan fingerprint density at radius 2 is 1.68 bits per heavy atom. The van der Waals surface area contributed by atoms with Gasteiger partial charge in [-0.25, -0.2) is 4.79 Å². The predicted octanol–water partition coefficient (Wildman–Crippen LogP) is 4.16. The van der Waals surface area contributed by atoms with Gasteiger partial charge in [-0.2, -0.15) is 0 Å². The lowest BCUT2D eigenvalue weighted by atomic mass is 10.0. The third kappa shape index (κ3) is 4.16. The van der Waals surface area contributed by atoms with Crippen LogP contribution >= 0.6 is 11.6 Å². The minimum atomic E-state index is -1.13. The molecule has 1 unspecified atom stereocenters. The Morgan fingerprint density at radius 3 is 2.38 bits per heavy atom. The summed E-state index contributed by atoms with van der Waals surface area (Å²) in [6.07, 6.45) is 0.128. The van der Waals surface area contributed by atoms with Crippen LogP contribution < -0.4 is 4.74 Å². The van der Waals surface area contributed by atoms with Gasteiger partial charge in [0.25, 0.3) is 11.8 Å². The molecule has 3 aromatic rings. The average Bonchev–Trinajstić information content (AvgIpc) is 3.11. The Hall–Kier alpha value is -3.68. The molecule has 3 aromatic carbocycles. The summed E-state index contributed by atoms with van der Waals surface area (Å²) < 4.78 is 16.5. The van der Waals surface area contributed by atoms with Crippen molar-refractivity contribution < 1.29 is 28.6 Å². The monoisotopic (exact) mass is 477 g/mol. The third-order valence-corrected chi connectivity index (χ3v) is 6.02. The first-order valence-electron chi connectivity index (χ1n) is 10.7. The molecule has 2 amide bonds. The van der Waals surface area contributed by atoms with Crippen molar-refractivity contribution in [3.8, 4) is 5.75 Å². The molecule has 2 aliphatic heterocycles. The molecule has 7 nitrogen and oxygen atoms in total. The predicted molar refractivity (Wildman–Crippen MR) is 122 cm³/mol. The van der Waals surface area contributed by atoms with E-state index in [1.54, 1.807) is 36.4 Å². The highest BCUT2D eigenvalue weighted by Gasteiger charge is 2.43. The zero-order valence-corrected chi connectivity index (χ0v) is 18.8. The number of carbonyl (C=O) groups is 3. The van der Waals surface area contributed by atoms with Gasteiger partial charge in [-0.15, -0.1) is 0 Å². The van der Waals surface area contributed by atoms with Crippen molar-refractivity contribution in [1.29, 1.82) is 0 Å². The fourth-order valence-electron chi connectivity index (χ4n) is 4.22. The molecule has 34 heavy (non-hydrogen) atoms. The second kappa shape index (κ2) is 9.29. The van der Waals surface area contributed by atoms with Crippen LogP contribution in [0.2, 0.25) is 5.02 Å². The largest absolute Gasteiger partial charge is 0.467 e. The van der Waals surface area contributed by atoms with Gasteiger partial charge in [0, 0.05) is 22.6 Å². The van der Waals surface area contributed by atoms with E-state index in [-0.39, 0.29) is 30.9 Å². The minimum absolute atomic E-state index is 0.0846. The summed E-state index contributed by atoms with van der Waals surface area (Å²) in [6.45, 7) is 0.292. The number of hydrogen-bond acceptors (Lipinski definition) is 6. The number of benzene rings is 3. The smallest absolute Gasteiger partial charge is 0.330 e. The number of halogens is 1. The van der Waals surface area contributed by atoms with Crippen molar-refractivity contribution in [2.75, 3.05) is 6.79 Å². The van der Waals surface area contributed by atoms with Gasteiger partial charge in [-0.05, 0) is 29.8 Å². The lowest BCUT2D eigenvalue weighted by Crippen LogP contribution is -2.47. The molecule has 1 atom stereocenters. The Balaban J connectivity index is 1.42. The van der Waals surface area contributed by atoms with E-state index in [0.29, 0.717) is 22.9 Å². The zero-order chi connectivity index (χ0) is 23.7. The Morgan fingerprint density at radius 1 is 1.00 bits per heavy atom. The maximum atomic E-state index is 13.3. The minimum Gasteiger partial charge on any atom is -0.467 e. The Labute approximate surface area is 200 Å². The number of fused-ring (bicyclic) bond motifs is 2. The van der Waals surface area contributed by atoms with Gasteiger partial charge in [0.05, 0.1) is 17.7 Å². The van der Waals surface area contributed by atoms with Crippen molar-refractivity contribution >= 4 is 29.4 Å². The van der Waals surface area contributed by atoms with Crippen LogP contribution in [0.4, 0.5) is 0 Å². The van der Waals surface area contributed by atoms with Crippen molar-refractivity contribution in [3.05, 3.63) is 99.6 Å². The molecule has 5 rings (SSSR count). The van der Waals surface area contributed by atoms with Crippen molar-refractivity contribution in [1.82, 2.24) is 4.90 Å². The van der Waals surface area contributed by atoms with Gasteiger partial charge in [-0.3, -0.25) is 14.5 Å². The summed E-state index contributed by atoms with van der Waals surface area (Å²) in [4.78, 5) is 40.5. The molecular weight excluding hydrogens is 458 g/mol. The third-order valence-electron chi connectivity index (χ3n) is 5.80. The molecule has 0 saturated heterocycles. The molecule has 2 aliphatic rings. The first kappa shape index (κ1) is 22.1. The van der Waals surface area contributed by atoms with Gasteiger partial charge in [0.1, 0.15) is 18.4 Å². The molecule has 172 valence electrons. The first-order chi connectivity index (χ1) is 16.5. The SMILES string of the molecule is O=C(OCc1cc(Cl)cc2c1OCOC2)C(Cc1ccccc1)N1C(=O)c2ccccc2C1=O. The number of hydrogen-bond donors (Lipinski definition) is 0. The van der Waals surface area contributed by atoms with Crippen LogP contribution in [0.25, 0.3) is 0 Å². The number of carbonyl (C=O) groups excluding carboxylic acids is 3. The highest BCUT2D eigenvalue weighted by Crippen LogP contribution is 2.33. The van der Waals surface area contributed by atoms with Crippen LogP contribution in [0.1, 0.15) is 37.4 Å². The highest BCUT2D eigenvalue weighted by molar-refractivity contribution is 6.30. The van der Waals surface area contributed by atoms with Crippen LogP contribution in [-0.2, 0) is 33.9 Å². The summed E-state index contributed by atoms with van der Waals surface area (Å²) in [5, 5.41) is 0.458. The molecule has 0 aromatic heterocycles. The number of nitrogens with zero attached hydrogens (tertiary/aromatic N) is 1. The molecule has 0 fully saturated rings. The Bertz CT molecular complexity index is 1240. The van der Waals surface area contributed by atoms with E-state index in [4.69, 9.17) is 25.8 Å². The number of esters is 1. The van der Waals surface area contributed by atoms with E-state index >= 15 is 0 Å². The Kier molecular flexibility index (Phi) is 6.04. The van der Waals surface area contributed by atoms with E-state index in [1.807, 2.05) is 30.3 Å². The van der Waals surface area contributed by atoms with Crippen LogP contribution in [0, 0.1) is 0 Å². The van der Waals surface area contributed by atoms with Crippen molar-refractivity contribution in [2.24, 2.45) is 0 Å². The van der Waals surface area contributed by atoms with E-state index in [9.17, 15) is 14.4 Å². The van der Waals surface area contributed by atoms with Crippen molar-refractivity contribution in [3.63, 3.8) is 0 Å². The normalized spacial score (nSPS) is 15.4. The highest BCUT2D eigenvalue weighted by atomic mass is 35.5. The summed E-state index contributed by atoms with van der Waals surface area (Å²) in [5.41, 5.74) is 2.68. The number of rotatable bonds is 6. The number of ether oxygens (including phenoxy) is 3. The lowest BCUT2D eigenvalue weighted by Gasteiger charge is -2.25. The molecule has 0 radical (unpaired) electrons. The van der Waals surface area contributed by atoms with E-state index in [0.717, 1.165) is 16.0 Å². The zero-order valence-electron chi connectivity index (χ0n) is 18.0. The van der Waals surface area contributed by atoms with Gasteiger partial charge in [0.15, 0.2) is 6.79 Å². The second-order valence-electron chi connectivity index (χ2n) is 8.00. The molecular formula is C26H20ClNO6. The van der Waals surface area contributed by atoms with Gasteiger partial charge in [-0.1, -0.05) is 54.1 Å². The van der Waals surface area contributed by atoms with Gasteiger partial charge >= 0.3 is 5.97 Å². The molecule has 0 bridgehead atoms. The second-order valence-corrected chi connectivity index (χ2v) is 8.44. The molecule has 8 heteroatoms. The van der Waals surface area contributed by atoms with Crippen LogP contribution in [0.15, 0.2) is 66.7 Å². The van der Waals surface area contributed by atoms with E-state index in [1.165, 1.54) is 0 Å². The molecule has 0 N–H and O–H groups in total. The average molecular weight is 478 g/mol. The van der Waals surface area contributed by atoms with Gasteiger partial charge in [0.2, 0.25) is 0 Å². The van der Waals surface area contributed by atoms with Gasteiger partial charge < -0.3 is 14.2 Å². The van der Waals surface area contributed by atoms with E-state index < -0.39 is 23.8 Å². The quantitative estimate of drug-likeness (QED) is 0.392. The molecule has 0 aliphatic carbocycles.